The summed E-state index contributed by atoms with van der Waals surface area (Å²) in [6, 6.07) is 1.85. The molecule has 26 heavy (non-hydrogen) atoms. The van der Waals surface area contributed by atoms with E-state index in [9.17, 15) is 18.0 Å². The lowest BCUT2D eigenvalue weighted by Crippen LogP contribution is -2.38. The van der Waals surface area contributed by atoms with Crippen molar-refractivity contribution in [3.05, 3.63) is 24.7 Å². The molecule has 1 atom stereocenters. The number of H-pyrrole nitrogens is 1. The molecule has 1 saturated heterocycles. The summed E-state index contributed by atoms with van der Waals surface area (Å²) >= 11 is 0. The molecule has 3 aromatic heterocycles. The maximum absolute atomic E-state index is 12.3. The second kappa shape index (κ2) is 6.11. The molecule has 0 spiro atoms. The SMILES string of the molecule is O=C(NCC(F)(F)F)C1CCN(c2[nH]ncc3cnc4nccc4c23)C1. The molecule has 0 bridgehead atoms. The number of hydrogen-bond donors (Lipinski definition) is 2. The molecular weight excluding hydrogens is 349 g/mol. The number of carbonyl (C=O) groups excluding carboxylic acids is 1. The largest absolute Gasteiger partial charge is 0.405 e. The Morgan fingerprint density at radius 2 is 2.19 bits per heavy atom. The van der Waals surface area contributed by atoms with Gasteiger partial charge in [0.05, 0.1) is 12.1 Å². The van der Waals surface area contributed by atoms with Crippen molar-refractivity contribution in [2.45, 2.75) is 12.6 Å². The Morgan fingerprint density at radius 1 is 1.35 bits per heavy atom. The molecule has 10 heteroatoms. The van der Waals surface area contributed by atoms with Crippen molar-refractivity contribution in [3.63, 3.8) is 0 Å². The number of carbonyl (C=O) groups is 1. The highest BCUT2D eigenvalue weighted by Gasteiger charge is 2.33. The molecule has 136 valence electrons. The van der Waals surface area contributed by atoms with Crippen LogP contribution in [0, 0.1) is 5.92 Å². The second-order valence-corrected chi connectivity index (χ2v) is 6.25. The van der Waals surface area contributed by atoms with Crippen molar-refractivity contribution < 1.29 is 18.0 Å². The van der Waals surface area contributed by atoms with Crippen LogP contribution in [-0.4, -0.2) is 51.9 Å². The van der Waals surface area contributed by atoms with Crippen molar-refractivity contribution in [2.24, 2.45) is 5.92 Å². The number of pyridine rings is 1. The summed E-state index contributed by atoms with van der Waals surface area (Å²) in [5, 5.41) is 11.6. The lowest BCUT2D eigenvalue weighted by atomic mass is 10.1. The average Bonchev–Trinajstić information content (AvgIpc) is 3.27. The second-order valence-electron chi connectivity index (χ2n) is 6.25. The van der Waals surface area contributed by atoms with Gasteiger partial charge in [0.25, 0.3) is 0 Å². The Morgan fingerprint density at radius 3 is 3.00 bits per heavy atom. The van der Waals surface area contributed by atoms with E-state index in [1.54, 1.807) is 18.6 Å². The maximum atomic E-state index is 12.3. The topological polar surface area (TPSA) is 86.8 Å². The highest BCUT2D eigenvalue weighted by Crippen LogP contribution is 2.32. The number of anilines is 1. The van der Waals surface area contributed by atoms with Crippen LogP contribution in [0.5, 0.6) is 0 Å². The highest BCUT2D eigenvalue weighted by molar-refractivity contribution is 6.10. The normalized spacial score (nSPS) is 18.0. The quantitative estimate of drug-likeness (QED) is 0.742. The van der Waals surface area contributed by atoms with Gasteiger partial charge >= 0.3 is 6.18 Å². The predicted molar refractivity (Wildman–Crippen MR) is 88.6 cm³/mol. The van der Waals surface area contributed by atoms with E-state index in [0.717, 1.165) is 16.2 Å². The summed E-state index contributed by atoms with van der Waals surface area (Å²) in [4.78, 5) is 22.4. The Bertz CT molecular complexity index is 969. The van der Waals surface area contributed by atoms with E-state index in [4.69, 9.17) is 0 Å². The van der Waals surface area contributed by atoms with Gasteiger partial charge in [0.15, 0.2) is 5.65 Å². The minimum Gasteiger partial charge on any atom is -0.356 e. The average molecular weight is 364 g/mol. The number of hydrogen-bond acceptors (Lipinski definition) is 5. The maximum Gasteiger partial charge on any atom is 0.405 e. The third kappa shape index (κ3) is 3.02. The first-order valence-corrected chi connectivity index (χ1v) is 8.08. The first kappa shape index (κ1) is 16.6. The zero-order valence-electron chi connectivity index (χ0n) is 13.5. The minimum absolute atomic E-state index is 0.318. The van der Waals surface area contributed by atoms with Crippen molar-refractivity contribution in [2.75, 3.05) is 24.5 Å². The molecule has 0 aromatic carbocycles. The summed E-state index contributed by atoms with van der Waals surface area (Å²) in [6.07, 6.45) is 1.06. The van der Waals surface area contributed by atoms with Crippen LogP contribution < -0.4 is 10.2 Å². The molecule has 1 unspecified atom stereocenters. The minimum atomic E-state index is -4.41. The lowest BCUT2D eigenvalue weighted by molar-refractivity contribution is -0.140. The van der Waals surface area contributed by atoms with E-state index in [1.165, 1.54) is 0 Å². The predicted octanol–water partition coefficient (Wildman–Crippen LogP) is 2.01. The first-order chi connectivity index (χ1) is 12.4. The van der Waals surface area contributed by atoms with E-state index in [0.29, 0.717) is 31.0 Å². The van der Waals surface area contributed by atoms with Gasteiger partial charge in [-0.05, 0) is 12.5 Å². The molecule has 3 aromatic rings. The summed E-state index contributed by atoms with van der Waals surface area (Å²) in [5.41, 5.74) is 0.608. The number of aromatic nitrogens is 4. The van der Waals surface area contributed by atoms with Crippen LogP contribution in [0.4, 0.5) is 19.0 Å². The number of aromatic amines is 1. The number of alkyl halides is 3. The first-order valence-electron chi connectivity index (χ1n) is 8.08. The van der Waals surface area contributed by atoms with Gasteiger partial charge < -0.3 is 10.2 Å². The van der Waals surface area contributed by atoms with Crippen LogP contribution in [0.2, 0.25) is 0 Å². The fraction of sp³-hybridized carbons (Fsp3) is 0.375. The van der Waals surface area contributed by atoms with Gasteiger partial charge in [0.2, 0.25) is 5.91 Å². The summed E-state index contributed by atoms with van der Waals surface area (Å²) in [7, 11) is 0. The molecule has 1 aliphatic rings. The monoisotopic (exact) mass is 364 g/mol. The summed E-state index contributed by atoms with van der Waals surface area (Å²) in [6.45, 7) is -0.450. The van der Waals surface area contributed by atoms with Crippen molar-refractivity contribution in [1.82, 2.24) is 25.5 Å². The molecule has 0 radical (unpaired) electrons. The van der Waals surface area contributed by atoms with E-state index in [-0.39, 0.29) is 0 Å². The molecule has 0 saturated carbocycles. The molecule has 4 heterocycles. The summed E-state index contributed by atoms with van der Waals surface area (Å²) in [5.74, 6) is -0.370. The highest BCUT2D eigenvalue weighted by atomic mass is 19.4. The standard InChI is InChI=1S/C16H15F3N6O/c17-16(18,19)8-22-15(26)9-2-4-25(7-9)14-12-10(6-23-24-14)5-21-13-11(12)1-3-20-13/h1,3,5-6,9,24H,2,4,7-8H2,(H,22,26). The molecule has 1 amide bonds. The Labute approximate surface area is 145 Å². The van der Waals surface area contributed by atoms with Crippen LogP contribution in [0.1, 0.15) is 6.42 Å². The van der Waals surface area contributed by atoms with Gasteiger partial charge in [0.1, 0.15) is 12.4 Å². The van der Waals surface area contributed by atoms with Gasteiger partial charge in [-0.25, -0.2) is 9.97 Å². The number of halogens is 3. The van der Waals surface area contributed by atoms with Gasteiger partial charge in [0, 0.05) is 41.6 Å². The third-order valence-electron chi connectivity index (χ3n) is 4.51. The molecule has 4 rings (SSSR count). The van der Waals surface area contributed by atoms with E-state index < -0.39 is 24.5 Å². The third-order valence-corrected chi connectivity index (χ3v) is 4.51. The number of rotatable bonds is 3. The van der Waals surface area contributed by atoms with Crippen LogP contribution in [-0.2, 0) is 4.79 Å². The zero-order chi connectivity index (χ0) is 18.3. The molecule has 2 N–H and O–H groups in total. The molecule has 1 aliphatic heterocycles. The van der Waals surface area contributed by atoms with Crippen molar-refractivity contribution in [3.8, 4) is 0 Å². The molecule has 1 fully saturated rings. The van der Waals surface area contributed by atoms with Gasteiger partial charge in [-0.1, -0.05) is 0 Å². The number of nitrogens with zero attached hydrogens (tertiary/aromatic N) is 4. The van der Waals surface area contributed by atoms with E-state index in [2.05, 4.69) is 20.2 Å². The number of amides is 1. The van der Waals surface area contributed by atoms with Crippen LogP contribution in [0.15, 0.2) is 24.7 Å². The van der Waals surface area contributed by atoms with Gasteiger partial charge in [-0.3, -0.25) is 9.89 Å². The number of nitrogens with one attached hydrogen (secondary N) is 2. The summed E-state index contributed by atoms with van der Waals surface area (Å²) < 4.78 is 36.9. The smallest absolute Gasteiger partial charge is 0.356 e. The zero-order valence-corrected chi connectivity index (χ0v) is 13.5. The van der Waals surface area contributed by atoms with E-state index in [1.807, 2.05) is 16.3 Å². The van der Waals surface area contributed by atoms with Gasteiger partial charge in [-0.2, -0.15) is 18.3 Å². The van der Waals surface area contributed by atoms with Crippen LogP contribution >= 0.6 is 0 Å². The molecule has 0 aliphatic carbocycles. The van der Waals surface area contributed by atoms with Crippen LogP contribution in [0.25, 0.3) is 21.8 Å². The Hall–Kier alpha value is -2.91. The van der Waals surface area contributed by atoms with E-state index >= 15 is 0 Å². The fourth-order valence-corrected chi connectivity index (χ4v) is 3.29. The Kier molecular flexibility index (Phi) is 3.89. The fourth-order valence-electron chi connectivity index (χ4n) is 3.29. The molecular formula is C16H15F3N6O. The van der Waals surface area contributed by atoms with Crippen LogP contribution in [0.3, 0.4) is 0 Å². The van der Waals surface area contributed by atoms with Crippen molar-refractivity contribution >= 4 is 33.5 Å². The Balaban J connectivity index is 1.59. The number of fused-ring (bicyclic) bond motifs is 3. The van der Waals surface area contributed by atoms with Crippen molar-refractivity contribution in [1.29, 1.82) is 0 Å². The van der Waals surface area contributed by atoms with Gasteiger partial charge in [-0.15, -0.1) is 0 Å². The molecule has 7 nitrogen and oxygen atoms in total. The lowest BCUT2D eigenvalue weighted by Gasteiger charge is -2.20.